The van der Waals surface area contributed by atoms with Crippen LogP contribution in [0.15, 0.2) is 28.7 Å². The minimum absolute atomic E-state index is 0.0414. The Morgan fingerprint density at radius 2 is 1.74 bits per heavy atom. The zero-order valence-corrected chi connectivity index (χ0v) is 13.4. The molecule has 6 heteroatoms. The van der Waals surface area contributed by atoms with E-state index in [1.54, 1.807) is 0 Å². The Morgan fingerprint density at radius 1 is 1.21 bits per heavy atom. The van der Waals surface area contributed by atoms with Crippen molar-refractivity contribution < 1.29 is 13.2 Å². The fourth-order valence-corrected chi connectivity index (χ4v) is 4.18. The summed E-state index contributed by atoms with van der Waals surface area (Å²) in [6.45, 7) is 4.67. The second-order valence-corrected chi connectivity index (χ2v) is 7.84. The molecule has 0 spiro atoms. The van der Waals surface area contributed by atoms with Gasteiger partial charge in [0, 0.05) is 17.6 Å². The Kier molecular flexibility index (Phi) is 4.66. The van der Waals surface area contributed by atoms with Gasteiger partial charge in [0.25, 0.3) is 0 Å². The zero-order valence-electron chi connectivity index (χ0n) is 11.0. The number of morpholine rings is 1. The minimum atomic E-state index is -3.28. The van der Waals surface area contributed by atoms with Crippen LogP contribution >= 0.6 is 15.9 Å². The average molecular weight is 348 g/mol. The Bertz CT molecular complexity index is 519. The molecule has 0 amide bonds. The molecule has 1 aromatic rings. The van der Waals surface area contributed by atoms with Gasteiger partial charge < -0.3 is 4.74 Å². The molecule has 1 heterocycles. The summed E-state index contributed by atoms with van der Waals surface area (Å²) < 4.78 is 32.8. The molecule has 4 nitrogen and oxygen atoms in total. The first-order valence-corrected chi connectivity index (χ1v) is 8.65. The summed E-state index contributed by atoms with van der Waals surface area (Å²) in [4.78, 5) is 0. The highest BCUT2D eigenvalue weighted by molar-refractivity contribution is 9.10. The summed E-state index contributed by atoms with van der Waals surface area (Å²) in [6, 6.07) is 7.37. The molecule has 1 aliphatic rings. The van der Waals surface area contributed by atoms with Crippen molar-refractivity contribution in [3.63, 3.8) is 0 Å². The highest BCUT2D eigenvalue weighted by Crippen LogP contribution is 2.19. The van der Waals surface area contributed by atoms with E-state index in [0.717, 1.165) is 10.0 Å². The van der Waals surface area contributed by atoms with Crippen molar-refractivity contribution in [2.45, 2.75) is 31.8 Å². The second-order valence-electron chi connectivity index (χ2n) is 4.96. The number of hydrogen-bond acceptors (Lipinski definition) is 3. The zero-order chi connectivity index (χ0) is 14.0. The highest BCUT2D eigenvalue weighted by atomic mass is 79.9. The first kappa shape index (κ1) is 15.0. The lowest BCUT2D eigenvalue weighted by atomic mass is 10.2. The summed E-state index contributed by atoms with van der Waals surface area (Å²) in [7, 11) is -3.28. The van der Waals surface area contributed by atoms with E-state index in [9.17, 15) is 8.42 Å². The van der Waals surface area contributed by atoms with Gasteiger partial charge in [-0.05, 0) is 31.5 Å². The molecule has 1 aliphatic heterocycles. The fourth-order valence-electron chi connectivity index (χ4n) is 2.24. The van der Waals surface area contributed by atoms with E-state index in [2.05, 4.69) is 15.9 Å². The van der Waals surface area contributed by atoms with Crippen molar-refractivity contribution in [1.82, 2.24) is 4.31 Å². The largest absolute Gasteiger partial charge is 0.373 e. The number of benzene rings is 1. The number of nitrogens with zero attached hydrogens (tertiary/aromatic N) is 1. The molecule has 0 aromatic heterocycles. The number of ether oxygens (including phenoxy) is 1. The number of rotatable bonds is 3. The van der Waals surface area contributed by atoms with Gasteiger partial charge in [-0.25, -0.2) is 8.42 Å². The van der Waals surface area contributed by atoms with E-state index in [-0.39, 0.29) is 18.0 Å². The normalized spacial score (nSPS) is 25.4. The second kappa shape index (κ2) is 5.91. The third-order valence-corrected chi connectivity index (χ3v) is 5.35. The van der Waals surface area contributed by atoms with Crippen LogP contribution in [0.5, 0.6) is 0 Å². The van der Waals surface area contributed by atoms with Crippen LogP contribution in [0.2, 0.25) is 0 Å². The molecule has 0 bridgehead atoms. The maximum absolute atomic E-state index is 12.4. The molecule has 0 aliphatic carbocycles. The molecule has 0 saturated carbocycles. The Labute approximate surface area is 122 Å². The van der Waals surface area contributed by atoms with Crippen LogP contribution < -0.4 is 0 Å². The molecule has 2 atom stereocenters. The lowest BCUT2D eigenvalue weighted by molar-refractivity contribution is -0.0441. The van der Waals surface area contributed by atoms with Crippen LogP contribution in [-0.4, -0.2) is 38.0 Å². The summed E-state index contributed by atoms with van der Waals surface area (Å²) >= 11 is 3.34. The average Bonchev–Trinajstić information content (AvgIpc) is 2.31. The first-order valence-electron chi connectivity index (χ1n) is 6.24. The van der Waals surface area contributed by atoms with Gasteiger partial charge in [0.15, 0.2) is 0 Å². The molecule has 0 N–H and O–H groups in total. The van der Waals surface area contributed by atoms with Gasteiger partial charge in [-0.3, -0.25) is 0 Å². The topological polar surface area (TPSA) is 46.6 Å². The number of sulfonamides is 1. The SMILES string of the molecule is C[C@@H]1CN(S(=O)(=O)Cc2ccc(Br)cc2)C[C@H](C)O1. The molecular weight excluding hydrogens is 330 g/mol. The Hall–Kier alpha value is -0.430. The van der Waals surface area contributed by atoms with E-state index in [4.69, 9.17) is 4.74 Å². The predicted molar refractivity (Wildman–Crippen MR) is 78.3 cm³/mol. The van der Waals surface area contributed by atoms with Gasteiger partial charge in [-0.1, -0.05) is 28.1 Å². The van der Waals surface area contributed by atoms with Crippen molar-refractivity contribution in [2.75, 3.05) is 13.1 Å². The van der Waals surface area contributed by atoms with Crippen molar-refractivity contribution in [3.8, 4) is 0 Å². The third kappa shape index (κ3) is 4.02. The molecule has 0 radical (unpaired) electrons. The van der Waals surface area contributed by atoms with E-state index in [0.29, 0.717) is 13.1 Å². The molecule has 2 rings (SSSR count). The summed E-state index contributed by atoms with van der Waals surface area (Å²) in [5.74, 6) is 0.0414. The van der Waals surface area contributed by atoms with Crippen molar-refractivity contribution in [1.29, 1.82) is 0 Å². The van der Waals surface area contributed by atoms with E-state index in [1.807, 2.05) is 38.1 Å². The quantitative estimate of drug-likeness (QED) is 0.843. The van der Waals surface area contributed by atoms with Crippen molar-refractivity contribution in [3.05, 3.63) is 34.3 Å². The van der Waals surface area contributed by atoms with Gasteiger partial charge in [-0.2, -0.15) is 4.31 Å². The Morgan fingerprint density at radius 3 is 2.26 bits per heavy atom. The van der Waals surface area contributed by atoms with Gasteiger partial charge in [0.2, 0.25) is 10.0 Å². The number of hydrogen-bond donors (Lipinski definition) is 0. The smallest absolute Gasteiger partial charge is 0.218 e. The monoisotopic (exact) mass is 347 g/mol. The van der Waals surface area contributed by atoms with E-state index < -0.39 is 10.0 Å². The molecule has 106 valence electrons. The molecule has 1 saturated heterocycles. The van der Waals surface area contributed by atoms with E-state index >= 15 is 0 Å². The van der Waals surface area contributed by atoms with Crippen molar-refractivity contribution >= 4 is 26.0 Å². The fraction of sp³-hybridized carbons (Fsp3) is 0.538. The van der Waals surface area contributed by atoms with E-state index in [1.165, 1.54) is 4.31 Å². The van der Waals surface area contributed by atoms with Gasteiger partial charge in [0.1, 0.15) is 0 Å². The summed E-state index contributed by atoms with van der Waals surface area (Å²) in [5, 5.41) is 0. The van der Waals surface area contributed by atoms with Gasteiger partial charge in [-0.15, -0.1) is 0 Å². The maximum atomic E-state index is 12.4. The molecule has 1 fully saturated rings. The molecular formula is C13H18BrNO3S. The Balaban J connectivity index is 2.11. The lowest BCUT2D eigenvalue weighted by Gasteiger charge is -2.34. The van der Waals surface area contributed by atoms with Crippen LogP contribution in [-0.2, 0) is 20.5 Å². The van der Waals surface area contributed by atoms with Crippen LogP contribution in [0.4, 0.5) is 0 Å². The van der Waals surface area contributed by atoms with Gasteiger partial charge >= 0.3 is 0 Å². The number of halogens is 1. The minimum Gasteiger partial charge on any atom is -0.373 e. The molecule has 1 aromatic carbocycles. The summed E-state index contributed by atoms with van der Waals surface area (Å²) in [5.41, 5.74) is 0.801. The summed E-state index contributed by atoms with van der Waals surface area (Å²) in [6.07, 6.45) is -0.105. The maximum Gasteiger partial charge on any atom is 0.218 e. The van der Waals surface area contributed by atoms with Crippen LogP contribution in [0.3, 0.4) is 0 Å². The standard InChI is InChI=1S/C13H18BrNO3S/c1-10-7-15(8-11(2)18-10)19(16,17)9-12-3-5-13(14)6-4-12/h3-6,10-11H,7-9H2,1-2H3/t10-,11+. The third-order valence-electron chi connectivity index (χ3n) is 3.04. The lowest BCUT2D eigenvalue weighted by Crippen LogP contribution is -2.48. The molecule has 19 heavy (non-hydrogen) atoms. The van der Waals surface area contributed by atoms with Crippen LogP contribution in [0.25, 0.3) is 0 Å². The molecule has 0 unspecified atom stereocenters. The van der Waals surface area contributed by atoms with Crippen LogP contribution in [0, 0.1) is 0 Å². The van der Waals surface area contributed by atoms with Gasteiger partial charge in [0.05, 0.1) is 18.0 Å². The first-order chi connectivity index (χ1) is 8.87. The predicted octanol–water partition coefficient (Wildman–Crippen LogP) is 2.39. The van der Waals surface area contributed by atoms with Crippen molar-refractivity contribution in [2.24, 2.45) is 0 Å². The van der Waals surface area contributed by atoms with Crippen LogP contribution in [0.1, 0.15) is 19.4 Å². The highest BCUT2D eigenvalue weighted by Gasteiger charge is 2.30.